The van der Waals surface area contributed by atoms with Crippen LogP contribution in [0.25, 0.3) is 0 Å². The summed E-state index contributed by atoms with van der Waals surface area (Å²) in [7, 11) is 1.63. The predicted octanol–water partition coefficient (Wildman–Crippen LogP) is 0.369. The van der Waals surface area contributed by atoms with Gasteiger partial charge in [0.25, 0.3) is 5.91 Å². The van der Waals surface area contributed by atoms with Gasteiger partial charge >= 0.3 is 0 Å². The number of carbonyl (C=O) groups is 1. The van der Waals surface area contributed by atoms with Crippen LogP contribution in [0.2, 0.25) is 0 Å². The first-order valence-corrected chi connectivity index (χ1v) is 3.02. The van der Waals surface area contributed by atoms with Gasteiger partial charge in [-0.3, -0.25) is 10.2 Å². The predicted molar refractivity (Wildman–Crippen MR) is 41.2 cm³/mol. The van der Waals surface area contributed by atoms with E-state index in [4.69, 9.17) is 0 Å². The lowest BCUT2D eigenvalue weighted by Gasteiger charge is -2.01. The third-order valence-electron chi connectivity index (χ3n) is 1.03. The Morgan fingerprint density at radius 3 is 2.50 bits per heavy atom. The fourth-order valence-electron chi connectivity index (χ4n) is 0.527. The van der Waals surface area contributed by atoms with Crippen molar-refractivity contribution in [3.05, 3.63) is 24.3 Å². The molecule has 1 amide bonds. The Morgan fingerprint density at radius 1 is 1.60 bits per heavy atom. The molecule has 0 aliphatic heterocycles. The molecule has 0 aromatic rings. The van der Waals surface area contributed by atoms with Gasteiger partial charge in [-0.15, -0.1) is 0 Å². The molecule has 0 aliphatic carbocycles. The lowest BCUT2D eigenvalue weighted by molar-refractivity contribution is -0.117. The van der Waals surface area contributed by atoms with Crippen LogP contribution in [-0.4, -0.2) is 13.0 Å². The van der Waals surface area contributed by atoms with Crippen molar-refractivity contribution in [3.63, 3.8) is 0 Å². The summed E-state index contributed by atoms with van der Waals surface area (Å²) >= 11 is 0. The minimum Gasteiger partial charge on any atom is -0.288 e. The Bertz CT molecular complexity index is 161. The summed E-state index contributed by atoms with van der Waals surface area (Å²) in [5.41, 5.74) is 5.51. The van der Waals surface area contributed by atoms with Gasteiger partial charge in [-0.2, -0.15) is 0 Å². The molecule has 56 valence electrons. The molecule has 0 spiro atoms. The second-order valence-corrected chi connectivity index (χ2v) is 1.65. The highest BCUT2D eigenvalue weighted by Gasteiger charge is 2.00. The van der Waals surface area contributed by atoms with Crippen LogP contribution in [0.3, 0.4) is 0 Å². The van der Waals surface area contributed by atoms with Gasteiger partial charge in [0.15, 0.2) is 0 Å². The van der Waals surface area contributed by atoms with Crippen molar-refractivity contribution < 1.29 is 4.79 Å². The quantitative estimate of drug-likeness (QED) is 0.338. The molecule has 0 atom stereocenters. The topological polar surface area (TPSA) is 41.1 Å². The van der Waals surface area contributed by atoms with Crippen LogP contribution in [0.15, 0.2) is 24.3 Å². The van der Waals surface area contributed by atoms with E-state index in [2.05, 4.69) is 17.4 Å². The van der Waals surface area contributed by atoms with Crippen molar-refractivity contribution >= 4 is 5.91 Å². The summed E-state index contributed by atoms with van der Waals surface area (Å²) in [6.45, 7) is 5.26. The second-order valence-electron chi connectivity index (χ2n) is 1.65. The smallest absolute Gasteiger partial charge is 0.265 e. The standard InChI is InChI=1S/C7H12N2O/c1-4-6(5-2)7(10)9-8-3/h4-5,8H,1H2,2-3H3,(H,9,10). The van der Waals surface area contributed by atoms with E-state index < -0.39 is 0 Å². The first-order chi connectivity index (χ1) is 4.76. The van der Waals surface area contributed by atoms with Gasteiger partial charge in [-0.25, -0.2) is 5.43 Å². The number of allylic oxidation sites excluding steroid dienone is 1. The summed E-state index contributed by atoms with van der Waals surface area (Å²) < 4.78 is 0. The Hall–Kier alpha value is -1.09. The summed E-state index contributed by atoms with van der Waals surface area (Å²) in [5.74, 6) is -0.167. The van der Waals surface area contributed by atoms with Gasteiger partial charge in [0.1, 0.15) is 0 Å². The number of amides is 1. The zero-order valence-corrected chi connectivity index (χ0v) is 6.27. The summed E-state index contributed by atoms with van der Waals surface area (Å²) in [6.07, 6.45) is 3.20. The van der Waals surface area contributed by atoms with Crippen LogP contribution in [0.1, 0.15) is 6.92 Å². The summed E-state index contributed by atoms with van der Waals surface area (Å²) in [5, 5.41) is 0. The molecule has 0 fully saturated rings. The van der Waals surface area contributed by atoms with E-state index in [1.165, 1.54) is 6.08 Å². The fraction of sp³-hybridized carbons (Fsp3) is 0.286. The summed E-state index contributed by atoms with van der Waals surface area (Å²) in [6, 6.07) is 0. The Labute approximate surface area is 60.8 Å². The lowest BCUT2D eigenvalue weighted by Crippen LogP contribution is -2.34. The third kappa shape index (κ3) is 2.46. The first-order valence-electron chi connectivity index (χ1n) is 3.02. The molecule has 3 nitrogen and oxygen atoms in total. The molecule has 0 rings (SSSR count). The minimum absolute atomic E-state index is 0.167. The molecule has 0 heterocycles. The van der Waals surface area contributed by atoms with Crippen molar-refractivity contribution in [2.24, 2.45) is 0 Å². The summed E-state index contributed by atoms with van der Waals surface area (Å²) in [4.78, 5) is 10.9. The Morgan fingerprint density at radius 2 is 2.20 bits per heavy atom. The Balaban J connectivity index is 4.04. The normalized spacial score (nSPS) is 10.8. The second kappa shape index (κ2) is 4.76. The lowest BCUT2D eigenvalue weighted by atomic mass is 10.2. The maximum Gasteiger partial charge on any atom is 0.265 e. The molecule has 0 bridgehead atoms. The van der Waals surface area contributed by atoms with Gasteiger partial charge in [-0.1, -0.05) is 18.7 Å². The molecule has 10 heavy (non-hydrogen) atoms. The molecule has 0 aliphatic rings. The fourth-order valence-corrected chi connectivity index (χ4v) is 0.527. The number of nitrogens with one attached hydrogen (secondary N) is 2. The van der Waals surface area contributed by atoms with Gasteiger partial charge in [0.2, 0.25) is 0 Å². The van der Waals surface area contributed by atoms with Gasteiger partial charge in [0.05, 0.1) is 0 Å². The molecule has 2 N–H and O–H groups in total. The van der Waals surface area contributed by atoms with E-state index in [0.717, 1.165) is 0 Å². The van der Waals surface area contributed by atoms with Crippen LogP contribution in [0, 0.1) is 0 Å². The highest BCUT2D eigenvalue weighted by molar-refractivity contribution is 5.95. The van der Waals surface area contributed by atoms with E-state index in [-0.39, 0.29) is 5.91 Å². The van der Waals surface area contributed by atoms with Crippen molar-refractivity contribution in [1.29, 1.82) is 0 Å². The number of hydrogen-bond acceptors (Lipinski definition) is 2. The highest BCUT2D eigenvalue weighted by Crippen LogP contribution is 1.92. The molecular formula is C7H12N2O. The van der Waals surface area contributed by atoms with E-state index in [1.54, 1.807) is 20.0 Å². The zero-order chi connectivity index (χ0) is 7.98. The molecule has 0 saturated carbocycles. The first kappa shape index (κ1) is 8.91. The van der Waals surface area contributed by atoms with Crippen molar-refractivity contribution in [2.75, 3.05) is 7.05 Å². The van der Waals surface area contributed by atoms with E-state index >= 15 is 0 Å². The maximum absolute atomic E-state index is 10.9. The largest absolute Gasteiger partial charge is 0.288 e. The molecule has 0 aromatic carbocycles. The number of carbonyl (C=O) groups excluding carboxylic acids is 1. The average molecular weight is 140 g/mol. The van der Waals surface area contributed by atoms with Crippen LogP contribution >= 0.6 is 0 Å². The average Bonchev–Trinajstić information content (AvgIpc) is 1.91. The Kier molecular flexibility index (Phi) is 4.24. The molecular weight excluding hydrogens is 128 g/mol. The van der Waals surface area contributed by atoms with Crippen molar-refractivity contribution in [2.45, 2.75) is 6.92 Å². The molecule has 0 unspecified atom stereocenters. The minimum atomic E-state index is -0.167. The van der Waals surface area contributed by atoms with E-state index in [1.807, 2.05) is 0 Å². The van der Waals surface area contributed by atoms with Crippen molar-refractivity contribution in [1.82, 2.24) is 10.9 Å². The number of hydrogen-bond donors (Lipinski definition) is 2. The molecule has 3 heteroatoms. The third-order valence-corrected chi connectivity index (χ3v) is 1.03. The van der Waals surface area contributed by atoms with E-state index in [9.17, 15) is 4.79 Å². The molecule has 0 aromatic heterocycles. The number of rotatable bonds is 3. The molecule has 0 saturated heterocycles. The number of hydrazine groups is 1. The van der Waals surface area contributed by atoms with Gasteiger partial charge in [-0.05, 0) is 6.92 Å². The molecule has 0 radical (unpaired) electrons. The van der Waals surface area contributed by atoms with Crippen LogP contribution in [0.4, 0.5) is 0 Å². The monoisotopic (exact) mass is 140 g/mol. The van der Waals surface area contributed by atoms with Crippen LogP contribution < -0.4 is 10.9 Å². The highest BCUT2D eigenvalue weighted by atomic mass is 16.2. The maximum atomic E-state index is 10.9. The van der Waals surface area contributed by atoms with E-state index in [0.29, 0.717) is 5.57 Å². The van der Waals surface area contributed by atoms with Crippen molar-refractivity contribution in [3.8, 4) is 0 Å². The van der Waals surface area contributed by atoms with Gasteiger partial charge in [0, 0.05) is 12.6 Å². The van der Waals surface area contributed by atoms with Gasteiger partial charge < -0.3 is 0 Å². The zero-order valence-electron chi connectivity index (χ0n) is 6.27. The van der Waals surface area contributed by atoms with Crippen LogP contribution in [-0.2, 0) is 4.79 Å². The van der Waals surface area contributed by atoms with Crippen LogP contribution in [0.5, 0.6) is 0 Å². The SMILES string of the molecule is C=CC(=CC)C(=O)NNC.